The second kappa shape index (κ2) is 13.1. The Morgan fingerprint density at radius 1 is 0.636 bits per heavy atom. The van der Waals surface area contributed by atoms with Crippen LogP contribution >= 0.6 is 0 Å². The van der Waals surface area contributed by atoms with Crippen molar-refractivity contribution in [3.05, 3.63) is 70.8 Å². The molecule has 22 heavy (non-hydrogen) atoms. The van der Waals surface area contributed by atoms with Gasteiger partial charge in [-0.3, -0.25) is 0 Å². The SMILES string of the molecule is C.C.CCCc1ccccc1CC.CCc1ccccc1C. The van der Waals surface area contributed by atoms with Gasteiger partial charge in [-0.25, -0.2) is 0 Å². The Hall–Kier alpha value is -1.56. The standard InChI is InChI=1S/C11H16.C9H12.2CH4/c1-3-7-11-9-6-5-8-10(11)4-2;1-3-9-7-5-4-6-8(9)2;;/h5-6,8-9H,3-4,7H2,1-2H3;4-7H,3H2,1-2H3;2*1H4. The van der Waals surface area contributed by atoms with Crippen molar-refractivity contribution in [2.75, 3.05) is 0 Å². The van der Waals surface area contributed by atoms with Crippen molar-refractivity contribution < 1.29 is 0 Å². The van der Waals surface area contributed by atoms with Crippen LogP contribution in [0.25, 0.3) is 0 Å². The number of hydrogen-bond donors (Lipinski definition) is 0. The quantitative estimate of drug-likeness (QED) is 0.568. The lowest BCUT2D eigenvalue weighted by atomic mass is 10.0. The molecule has 0 aliphatic rings. The van der Waals surface area contributed by atoms with E-state index >= 15 is 0 Å². The molecule has 0 aliphatic heterocycles. The minimum Gasteiger partial charge on any atom is -0.0776 e. The predicted molar refractivity (Wildman–Crippen MR) is 104 cm³/mol. The van der Waals surface area contributed by atoms with Gasteiger partial charge >= 0.3 is 0 Å². The Labute approximate surface area is 139 Å². The first kappa shape index (κ1) is 22.7. The minimum absolute atomic E-state index is 0. The summed E-state index contributed by atoms with van der Waals surface area (Å²) >= 11 is 0. The van der Waals surface area contributed by atoms with E-state index in [2.05, 4.69) is 76.2 Å². The molecule has 0 aromatic heterocycles. The van der Waals surface area contributed by atoms with Crippen molar-refractivity contribution in [3.8, 4) is 0 Å². The summed E-state index contributed by atoms with van der Waals surface area (Å²) in [5.41, 5.74) is 5.89. The second-order valence-electron chi connectivity index (χ2n) is 5.15. The molecule has 0 nitrogen and oxygen atoms in total. The maximum Gasteiger partial charge on any atom is -0.0279 e. The van der Waals surface area contributed by atoms with Gasteiger partial charge in [0.05, 0.1) is 0 Å². The number of aryl methyl sites for hydroxylation is 4. The molecule has 124 valence electrons. The number of benzene rings is 2. The molecular weight excluding hydrogens is 264 g/mol. The summed E-state index contributed by atoms with van der Waals surface area (Å²) in [5.74, 6) is 0. The van der Waals surface area contributed by atoms with Gasteiger partial charge in [-0.1, -0.05) is 90.6 Å². The molecule has 0 heterocycles. The average molecular weight is 301 g/mol. The molecule has 2 rings (SSSR count). The van der Waals surface area contributed by atoms with Gasteiger partial charge in [-0.2, -0.15) is 0 Å². The highest BCUT2D eigenvalue weighted by molar-refractivity contribution is 5.27. The molecule has 0 aliphatic carbocycles. The highest BCUT2D eigenvalue weighted by Crippen LogP contribution is 2.11. The van der Waals surface area contributed by atoms with Crippen LogP contribution < -0.4 is 0 Å². The maximum absolute atomic E-state index is 2.24. The lowest BCUT2D eigenvalue weighted by Crippen LogP contribution is -1.90. The van der Waals surface area contributed by atoms with Crippen LogP contribution in [-0.2, 0) is 19.3 Å². The highest BCUT2D eigenvalue weighted by Gasteiger charge is 1.96. The van der Waals surface area contributed by atoms with E-state index in [1.54, 1.807) is 0 Å². The van der Waals surface area contributed by atoms with E-state index in [0.717, 1.165) is 12.8 Å². The number of rotatable bonds is 4. The Balaban J connectivity index is 0. The second-order valence-corrected chi connectivity index (χ2v) is 5.15. The van der Waals surface area contributed by atoms with Crippen LogP contribution in [0.5, 0.6) is 0 Å². The summed E-state index contributed by atoms with van der Waals surface area (Å²) < 4.78 is 0. The third-order valence-corrected chi connectivity index (χ3v) is 3.66. The maximum atomic E-state index is 2.24. The molecule has 0 radical (unpaired) electrons. The summed E-state index contributed by atoms with van der Waals surface area (Å²) in [7, 11) is 0. The molecule has 0 bridgehead atoms. The molecule has 0 unspecified atom stereocenters. The summed E-state index contributed by atoms with van der Waals surface area (Å²) in [4.78, 5) is 0. The third-order valence-electron chi connectivity index (χ3n) is 3.66. The molecule has 0 fully saturated rings. The number of hydrogen-bond acceptors (Lipinski definition) is 0. The van der Waals surface area contributed by atoms with Gasteiger partial charge in [0.2, 0.25) is 0 Å². The van der Waals surface area contributed by atoms with Crippen molar-refractivity contribution in [1.82, 2.24) is 0 Å². The Bertz CT molecular complexity index is 497. The van der Waals surface area contributed by atoms with Crippen molar-refractivity contribution in [3.63, 3.8) is 0 Å². The first-order valence-electron chi connectivity index (χ1n) is 7.84. The van der Waals surface area contributed by atoms with Gasteiger partial charge in [0.1, 0.15) is 0 Å². The van der Waals surface area contributed by atoms with Crippen molar-refractivity contribution in [2.24, 2.45) is 0 Å². The van der Waals surface area contributed by atoms with Gasteiger partial charge in [0.15, 0.2) is 0 Å². The molecule has 0 saturated carbocycles. The van der Waals surface area contributed by atoms with E-state index in [1.807, 2.05) is 0 Å². The van der Waals surface area contributed by atoms with Crippen molar-refractivity contribution in [2.45, 2.75) is 68.2 Å². The van der Waals surface area contributed by atoms with E-state index in [9.17, 15) is 0 Å². The molecule has 0 spiro atoms. The van der Waals surface area contributed by atoms with Gasteiger partial charge in [0.25, 0.3) is 0 Å². The van der Waals surface area contributed by atoms with Gasteiger partial charge in [-0.05, 0) is 48.4 Å². The normalized spacial score (nSPS) is 8.91. The van der Waals surface area contributed by atoms with Crippen LogP contribution in [0.3, 0.4) is 0 Å². The monoisotopic (exact) mass is 300 g/mol. The van der Waals surface area contributed by atoms with Crippen molar-refractivity contribution in [1.29, 1.82) is 0 Å². The first-order chi connectivity index (χ1) is 9.72. The molecule has 0 heteroatoms. The van der Waals surface area contributed by atoms with E-state index in [0.29, 0.717) is 0 Å². The highest BCUT2D eigenvalue weighted by atomic mass is 14.0. The smallest absolute Gasteiger partial charge is 0.0279 e. The molecule has 2 aromatic carbocycles. The fourth-order valence-corrected chi connectivity index (χ4v) is 2.42. The molecule has 0 saturated heterocycles. The fraction of sp³-hybridized carbons (Fsp3) is 0.455. The summed E-state index contributed by atoms with van der Waals surface area (Å²) in [6, 6.07) is 17.2. The Morgan fingerprint density at radius 2 is 1.09 bits per heavy atom. The van der Waals surface area contributed by atoms with E-state index < -0.39 is 0 Å². The first-order valence-corrected chi connectivity index (χ1v) is 7.84. The third kappa shape index (κ3) is 7.45. The summed E-state index contributed by atoms with van der Waals surface area (Å²) in [6.07, 6.45) is 4.78. The van der Waals surface area contributed by atoms with Crippen LogP contribution in [-0.4, -0.2) is 0 Å². The topological polar surface area (TPSA) is 0 Å². The van der Waals surface area contributed by atoms with E-state index in [4.69, 9.17) is 0 Å². The largest absolute Gasteiger partial charge is 0.0776 e. The van der Waals surface area contributed by atoms with E-state index in [-0.39, 0.29) is 14.9 Å². The zero-order chi connectivity index (χ0) is 14.8. The summed E-state index contributed by atoms with van der Waals surface area (Å²) in [6.45, 7) is 8.78. The van der Waals surface area contributed by atoms with Crippen LogP contribution in [0.1, 0.15) is 64.3 Å². The Morgan fingerprint density at radius 3 is 1.50 bits per heavy atom. The minimum atomic E-state index is 0. The molecule has 0 amide bonds. The lowest BCUT2D eigenvalue weighted by molar-refractivity contribution is 0.899. The zero-order valence-electron chi connectivity index (χ0n) is 13.4. The summed E-state index contributed by atoms with van der Waals surface area (Å²) in [5, 5.41) is 0. The van der Waals surface area contributed by atoms with Crippen LogP contribution in [0.15, 0.2) is 48.5 Å². The van der Waals surface area contributed by atoms with Gasteiger partial charge in [0, 0.05) is 0 Å². The van der Waals surface area contributed by atoms with Crippen LogP contribution in [0, 0.1) is 6.92 Å². The zero-order valence-corrected chi connectivity index (χ0v) is 13.4. The molecular formula is C22H36. The van der Waals surface area contributed by atoms with Crippen LogP contribution in [0.2, 0.25) is 0 Å². The van der Waals surface area contributed by atoms with Gasteiger partial charge in [-0.15, -0.1) is 0 Å². The molecule has 0 atom stereocenters. The molecule has 0 N–H and O–H groups in total. The average Bonchev–Trinajstić information content (AvgIpc) is 2.49. The van der Waals surface area contributed by atoms with E-state index in [1.165, 1.54) is 35.1 Å². The fourth-order valence-electron chi connectivity index (χ4n) is 2.42. The van der Waals surface area contributed by atoms with Crippen LogP contribution in [0.4, 0.5) is 0 Å². The predicted octanol–water partition coefficient (Wildman–Crippen LogP) is 7.03. The Kier molecular flexibility index (Phi) is 13.6. The van der Waals surface area contributed by atoms with Crippen molar-refractivity contribution >= 4 is 0 Å². The lowest BCUT2D eigenvalue weighted by Gasteiger charge is -2.04. The van der Waals surface area contributed by atoms with Gasteiger partial charge < -0.3 is 0 Å². The molecule has 2 aromatic rings.